The Hall–Kier alpha value is -0.490. The second-order valence-electron chi connectivity index (χ2n) is 4.36. The first-order valence-corrected chi connectivity index (χ1v) is 7.88. The lowest BCUT2D eigenvalue weighted by molar-refractivity contribution is 0.0722. The molecule has 1 N–H and O–H groups in total. The van der Waals surface area contributed by atoms with Crippen molar-refractivity contribution < 1.29 is 9.47 Å². The van der Waals surface area contributed by atoms with Crippen LogP contribution in [-0.2, 0) is 28.9 Å². The largest absolute Gasteiger partial charge is 0.382 e. The standard InChI is InChI=1S/C14H26N2O2S/c1-4-7-15-11-13-12(5-2)16-14(19-13)6-8-18-10-9-17-3/h15H,4-11H2,1-3H3. The Labute approximate surface area is 120 Å². The molecule has 0 aromatic carbocycles. The molecule has 1 rings (SSSR count). The topological polar surface area (TPSA) is 43.4 Å². The molecule has 1 aromatic heterocycles. The van der Waals surface area contributed by atoms with Crippen LogP contribution in [0, 0.1) is 0 Å². The van der Waals surface area contributed by atoms with Gasteiger partial charge in [0.05, 0.1) is 30.5 Å². The summed E-state index contributed by atoms with van der Waals surface area (Å²) in [6.07, 6.45) is 3.07. The zero-order valence-corrected chi connectivity index (χ0v) is 13.1. The summed E-state index contributed by atoms with van der Waals surface area (Å²) in [5.74, 6) is 0. The summed E-state index contributed by atoms with van der Waals surface area (Å²) in [7, 11) is 1.69. The van der Waals surface area contributed by atoms with E-state index >= 15 is 0 Å². The van der Waals surface area contributed by atoms with E-state index in [9.17, 15) is 0 Å². The maximum Gasteiger partial charge on any atom is 0.0954 e. The third kappa shape index (κ3) is 6.47. The maximum atomic E-state index is 5.49. The van der Waals surface area contributed by atoms with Gasteiger partial charge in [-0.3, -0.25) is 0 Å². The molecule has 0 aliphatic rings. The van der Waals surface area contributed by atoms with E-state index in [0.717, 1.165) is 32.5 Å². The first-order valence-electron chi connectivity index (χ1n) is 7.06. The number of methoxy groups -OCH3 is 1. The Morgan fingerprint density at radius 3 is 2.74 bits per heavy atom. The minimum Gasteiger partial charge on any atom is -0.382 e. The zero-order chi connectivity index (χ0) is 13.9. The van der Waals surface area contributed by atoms with Gasteiger partial charge in [-0.1, -0.05) is 13.8 Å². The van der Waals surface area contributed by atoms with Crippen LogP contribution in [0.2, 0.25) is 0 Å². The molecular formula is C14H26N2O2S. The maximum absolute atomic E-state index is 5.49. The van der Waals surface area contributed by atoms with E-state index in [1.54, 1.807) is 7.11 Å². The van der Waals surface area contributed by atoms with Crippen molar-refractivity contribution in [3.63, 3.8) is 0 Å². The minimum atomic E-state index is 0.657. The van der Waals surface area contributed by atoms with Gasteiger partial charge >= 0.3 is 0 Å². The molecule has 0 radical (unpaired) electrons. The fraction of sp³-hybridized carbons (Fsp3) is 0.786. The van der Waals surface area contributed by atoms with E-state index in [0.29, 0.717) is 13.2 Å². The van der Waals surface area contributed by atoms with Crippen molar-refractivity contribution in [1.29, 1.82) is 0 Å². The number of rotatable bonds is 11. The average molecular weight is 286 g/mol. The van der Waals surface area contributed by atoms with Gasteiger partial charge in [0.1, 0.15) is 0 Å². The van der Waals surface area contributed by atoms with E-state index in [-0.39, 0.29) is 0 Å². The summed E-state index contributed by atoms with van der Waals surface area (Å²) in [4.78, 5) is 6.07. The van der Waals surface area contributed by atoms with Crippen molar-refractivity contribution in [3.8, 4) is 0 Å². The minimum absolute atomic E-state index is 0.657. The molecule has 0 bridgehead atoms. The van der Waals surface area contributed by atoms with Crippen LogP contribution in [0.25, 0.3) is 0 Å². The molecule has 0 saturated carbocycles. The Morgan fingerprint density at radius 2 is 2.05 bits per heavy atom. The van der Waals surface area contributed by atoms with Gasteiger partial charge in [-0.25, -0.2) is 4.98 Å². The Morgan fingerprint density at radius 1 is 1.21 bits per heavy atom. The first-order chi connectivity index (χ1) is 9.31. The molecule has 1 heterocycles. The third-order valence-corrected chi connectivity index (χ3v) is 3.92. The zero-order valence-electron chi connectivity index (χ0n) is 12.3. The Kier molecular flexibility index (Phi) is 8.99. The van der Waals surface area contributed by atoms with Crippen molar-refractivity contribution >= 4 is 11.3 Å². The molecular weight excluding hydrogens is 260 g/mol. The van der Waals surface area contributed by atoms with Gasteiger partial charge in [-0.05, 0) is 19.4 Å². The van der Waals surface area contributed by atoms with Crippen molar-refractivity contribution in [2.45, 2.75) is 39.7 Å². The summed E-state index contributed by atoms with van der Waals surface area (Å²) in [5.41, 5.74) is 1.24. The SMILES string of the molecule is CCCNCc1sc(CCOCCOC)nc1CC. The summed E-state index contributed by atoms with van der Waals surface area (Å²) in [6, 6.07) is 0. The monoisotopic (exact) mass is 286 g/mol. The fourth-order valence-electron chi connectivity index (χ4n) is 1.74. The lowest BCUT2D eigenvalue weighted by Gasteiger charge is -2.01. The highest BCUT2D eigenvalue weighted by atomic mass is 32.1. The summed E-state index contributed by atoms with van der Waals surface area (Å²) in [6.45, 7) is 8.40. The van der Waals surface area contributed by atoms with Crippen molar-refractivity contribution in [1.82, 2.24) is 10.3 Å². The second kappa shape index (κ2) is 10.3. The molecule has 1 aromatic rings. The number of thiazole rings is 1. The van der Waals surface area contributed by atoms with Gasteiger partial charge in [0.2, 0.25) is 0 Å². The summed E-state index contributed by atoms with van der Waals surface area (Å²) < 4.78 is 10.4. The van der Waals surface area contributed by atoms with Gasteiger partial charge in [-0.15, -0.1) is 11.3 Å². The highest BCUT2D eigenvalue weighted by Crippen LogP contribution is 2.19. The smallest absolute Gasteiger partial charge is 0.0954 e. The van der Waals surface area contributed by atoms with E-state index in [2.05, 4.69) is 19.2 Å². The lowest BCUT2D eigenvalue weighted by Crippen LogP contribution is -2.13. The molecule has 0 saturated heterocycles. The van der Waals surface area contributed by atoms with Gasteiger partial charge in [0.15, 0.2) is 0 Å². The van der Waals surface area contributed by atoms with E-state index < -0.39 is 0 Å². The van der Waals surface area contributed by atoms with E-state index in [4.69, 9.17) is 14.5 Å². The molecule has 0 spiro atoms. The fourth-order valence-corrected chi connectivity index (χ4v) is 2.85. The summed E-state index contributed by atoms with van der Waals surface area (Å²) in [5, 5.41) is 4.63. The molecule has 0 aliphatic carbocycles. The van der Waals surface area contributed by atoms with Gasteiger partial charge < -0.3 is 14.8 Å². The van der Waals surface area contributed by atoms with Crippen LogP contribution in [0.5, 0.6) is 0 Å². The number of hydrogen-bond donors (Lipinski definition) is 1. The van der Waals surface area contributed by atoms with Gasteiger partial charge in [0.25, 0.3) is 0 Å². The van der Waals surface area contributed by atoms with Gasteiger partial charge in [-0.2, -0.15) is 0 Å². The van der Waals surface area contributed by atoms with Crippen molar-refractivity contribution in [3.05, 3.63) is 15.6 Å². The number of nitrogens with zero attached hydrogens (tertiary/aromatic N) is 1. The molecule has 0 atom stereocenters. The molecule has 19 heavy (non-hydrogen) atoms. The van der Waals surface area contributed by atoms with Crippen molar-refractivity contribution in [2.75, 3.05) is 33.5 Å². The van der Waals surface area contributed by atoms with Crippen LogP contribution < -0.4 is 5.32 Å². The Balaban J connectivity index is 2.37. The van der Waals surface area contributed by atoms with Crippen LogP contribution in [0.4, 0.5) is 0 Å². The highest BCUT2D eigenvalue weighted by Gasteiger charge is 2.09. The summed E-state index contributed by atoms with van der Waals surface area (Å²) >= 11 is 1.81. The molecule has 5 heteroatoms. The lowest BCUT2D eigenvalue weighted by atomic mass is 10.3. The van der Waals surface area contributed by atoms with Crippen LogP contribution in [-0.4, -0.2) is 38.5 Å². The number of ether oxygens (including phenoxy) is 2. The predicted octanol–water partition coefficient (Wildman–Crippen LogP) is 2.41. The molecule has 110 valence electrons. The average Bonchev–Trinajstić information content (AvgIpc) is 2.81. The van der Waals surface area contributed by atoms with Crippen LogP contribution >= 0.6 is 11.3 Å². The van der Waals surface area contributed by atoms with E-state index in [1.165, 1.54) is 22.0 Å². The highest BCUT2D eigenvalue weighted by molar-refractivity contribution is 7.11. The normalized spacial score (nSPS) is 11.1. The van der Waals surface area contributed by atoms with Crippen LogP contribution in [0.3, 0.4) is 0 Å². The third-order valence-electron chi connectivity index (χ3n) is 2.76. The second-order valence-corrected chi connectivity index (χ2v) is 5.53. The molecule has 4 nitrogen and oxygen atoms in total. The van der Waals surface area contributed by atoms with Crippen LogP contribution in [0.1, 0.15) is 35.8 Å². The quantitative estimate of drug-likeness (QED) is 0.634. The van der Waals surface area contributed by atoms with Crippen LogP contribution in [0.15, 0.2) is 0 Å². The number of hydrogen-bond acceptors (Lipinski definition) is 5. The first kappa shape index (κ1) is 16.6. The molecule has 0 unspecified atom stereocenters. The molecule has 0 amide bonds. The van der Waals surface area contributed by atoms with Gasteiger partial charge in [0, 0.05) is 25.0 Å². The van der Waals surface area contributed by atoms with E-state index in [1.807, 2.05) is 11.3 Å². The predicted molar refractivity (Wildman–Crippen MR) is 79.9 cm³/mol. The number of aromatic nitrogens is 1. The number of nitrogens with one attached hydrogen (secondary N) is 1. The number of aryl methyl sites for hydroxylation is 1. The van der Waals surface area contributed by atoms with Crippen molar-refractivity contribution in [2.24, 2.45) is 0 Å². The molecule has 0 fully saturated rings. The molecule has 0 aliphatic heterocycles. The Bertz CT molecular complexity index is 342.